The third-order valence-corrected chi connectivity index (χ3v) is 3.32. The Morgan fingerprint density at radius 2 is 1.50 bits per heavy atom. The third-order valence-electron chi connectivity index (χ3n) is 2.07. The molecule has 0 N–H and O–H groups in total. The van der Waals surface area contributed by atoms with Crippen LogP contribution in [0.25, 0.3) is 0 Å². The van der Waals surface area contributed by atoms with Gasteiger partial charge in [-0.3, -0.25) is 0 Å². The zero-order chi connectivity index (χ0) is 14.5. The number of carbonyl (C=O) groups is 1. The van der Waals surface area contributed by atoms with Gasteiger partial charge in [-0.15, -0.1) is 0 Å². The van der Waals surface area contributed by atoms with Gasteiger partial charge in [0.1, 0.15) is 5.60 Å². The van der Waals surface area contributed by atoms with E-state index in [-0.39, 0.29) is 5.97 Å². The van der Waals surface area contributed by atoms with Crippen molar-refractivity contribution in [2.24, 2.45) is 0 Å². The second kappa shape index (κ2) is 6.93. The highest BCUT2D eigenvalue weighted by molar-refractivity contribution is 9.10. The summed E-state index contributed by atoms with van der Waals surface area (Å²) in [5, 5.41) is 0. The van der Waals surface area contributed by atoms with Crippen molar-refractivity contribution in [3.63, 3.8) is 0 Å². The Balaban J connectivity index is 0.00000137. The number of halogens is 1. The molecule has 1 aromatic carbocycles. The number of ether oxygens (including phenoxy) is 1. The zero-order valence-corrected chi connectivity index (χ0v) is 13.9. The molecule has 0 atom stereocenters. The summed E-state index contributed by atoms with van der Waals surface area (Å²) >= 11 is 3.47. The first-order chi connectivity index (χ1) is 8.20. The topological polar surface area (TPSA) is 26.3 Å². The first kappa shape index (κ1) is 17.2. The van der Waals surface area contributed by atoms with Crippen molar-refractivity contribution in [1.82, 2.24) is 0 Å². The largest absolute Gasteiger partial charge is 0.456 e. The molecule has 0 radical (unpaired) electrons. The lowest BCUT2D eigenvalue weighted by Crippen LogP contribution is -2.24. The summed E-state index contributed by atoms with van der Waals surface area (Å²) in [5.74, 6) is -0.272. The fourth-order valence-corrected chi connectivity index (χ4v) is 1.63. The highest BCUT2D eigenvalue weighted by Gasteiger charge is 2.18. The number of esters is 1. The number of rotatable bonds is 1. The predicted molar refractivity (Wildman–Crippen MR) is 80.1 cm³/mol. The van der Waals surface area contributed by atoms with E-state index < -0.39 is 5.60 Å². The number of carbonyl (C=O) groups excluding carboxylic acids is 1. The molecule has 1 rings (SSSR count). The van der Waals surface area contributed by atoms with E-state index in [1.54, 1.807) is 0 Å². The maximum Gasteiger partial charge on any atom is 0.338 e. The summed E-state index contributed by atoms with van der Waals surface area (Å²) in [5.41, 5.74) is 2.24. The van der Waals surface area contributed by atoms with Crippen LogP contribution in [0.1, 0.15) is 56.1 Å². The molecule has 18 heavy (non-hydrogen) atoms. The van der Waals surface area contributed by atoms with Gasteiger partial charge in [0.2, 0.25) is 0 Å². The van der Waals surface area contributed by atoms with Crippen LogP contribution in [0.2, 0.25) is 0 Å². The highest BCUT2D eigenvalue weighted by atomic mass is 79.9. The van der Waals surface area contributed by atoms with E-state index in [9.17, 15) is 4.79 Å². The number of benzene rings is 1. The van der Waals surface area contributed by atoms with E-state index in [0.717, 1.165) is 15.6 Å². The predicted octanol–water partition coefficient (Wildman–Crippen LogP) is 5.05. The van der Waals surface area contributed by atoms with Crippen LogP contribution in [0.15, 0.2) is 16.6 Å². The van der Waals surface area contributed by atoms with Gasteiger partial charge in [0.15, 0.2) is 0 Å². The van der Waals surface area contributed by atoms with Crippen molar-refractivity contribution in [3.8, 4) is 0 Å². The number of aryl methyl sites for hydroxylation is 2. The molecule has 0 aromatic heterocycles. The first-order valence-electron chi connectivity index (χ1n) is 6.21. The average Bonchev–Trinajstić information content (AvgIpc) is 2.25. The van der Waals surface area contributed by atoms with Crippen molar-refractivity contribution in [1.29, 1.82) is 0 Å². The summed E-state index contributed by atoms with van der Waals surface area (Å²) in [7, 11) is 0. The summed E-state index contributed by atoms with van der Waals surface area (Å²) in [6.07, 6.45) is 0. The van der Waals surface area contributed by atoms with Crippen LogP contribution < -0.4 is 0 Å². The lowest BCUT2D eigenvalue weighted by atomic mass is 10.1. The van der Waals surface area contributed by atoms with Crippen LogP contribution in [0, 0.1) is 13.8 Å². The molecule has 0 spiro atoms. The van der Waals surface area contributed by atoms with E-state index in [1.165, 1.54) is 0 Å². The quantitative estimate of drug-likeness (QED) is 0.678. The zero-order valence-electron chi connectivity index (χ0n) is 12.3. The SMILES string of the molecule is CC.Cc1cc(C(=O)OC(C)(C)C)cc(C)c1Br. The second-order valence-electron chi connectivity index (χ2n) is 4.93. The minimum atomic E-state index is -0.452. The number of hydrogen-bond acceptors (Lipinski definition) is 2. The summed E-state index contributed by atoms with van der Waals surface area (Å²) in [6, 6.07) is 3.68. The molecule has 1 aromatic rings. The van der Waals surface area contributed by atoms with Gasteiger partial charge >= 0.3 is 5.97 Å². The molecule has 0 aliphatic carbocycles. The average molecular weight is 315 g/mol. The van der Waals surface area contributed by atoms with E-state index in [4.69, 9.17) is 4.74 Å². The van der Waals surface area contributed by atoms with E-state index in [2.05, 4.69) is 15.9 Å². The van der Waals surface area contributed by atoms with Crippen LogP contribution in [0.3, 0.4) is 0 Å². The molecule has 0 aliphatic heterocycles. The normalized spacial score (nSPS) is 10.4. The first-order valence-corrected chi connectivity index (χ1v) is 7.00. The molecule has 0 saturated heterocycles. The molecular weight excluding hydrogens is 292 g/mol. The Morgan fingerprint density at radius 1 is 1.11 bits per heavy atom. The minimum absolute atomic E-state index is 0.272. The van der Waals surface area contributed by atoms with Crippen molar-refractivity contribution in [3.05, 3.63) is 33.3 Å². The van der Waals surface area contributed by atoms with E-state index >= 15 is 0 Å². The minimum Gasteiger partial charge on any atom is -0.456 e. The lowest BCUT2D eigenvalue weighted by Gasteiger charge is -2.20. The van der Waals surface area contributed by atoms with Gasteiger partial charge in [-0.2, -0.15) is 0 Å². The Bertz CT molecular complexity index is 394. The van der Waals surface area contributed by atoms with Crippen LogP contribution in [0.5, 0.6) is 0 Å². The van der Waals surface area contributed by atoms with E-state index in [1.807, 2.05) is 60.6 Å². The molecule has 2 nitrogen and oxygen atoms in total. The molecule has 0 bridgehead atoms. The van der Waals surface area contributed by atoms with Gasteiger partial charge in [0, 0.05) is 4.47 Å². The molecule has 0 fully saturated rings. The third kappa shape index (κ3) is 5.21. The Hall–Kier alpha value is -0.830. The molecule has 0 heterocycles. The summed E-state index contributed by atoms with van der Waals surface area (Å²) in [6.45, 7) is 13.5. The van der Waals surface area contributed by atoms with Crippen molar-refractivity contribution in [2.45, 2.75) is 54.1 Å². The fraction of sp³-hybridized carbons (Fsp3) is 0.533. The standard InChI is InChI=1S/C13H17BrO2.C2H6/c1-8-6-10(7-9(2)11(8)14)12(15)16-13(3,4)5;1-2/h6-7H,1-5H3;1-2H3. The summed E-state index contributed by atoms with van der Waals surface area (Å²) < 4.78 is 6.36. The molecule has 102 valence electrons. The van der Waals surface area contributed by atoms with Gasteiger partial charge in [-0.05, 0) is 57.9 Å². The summed E-state index contributed by atoms with van der Waals surface area (Å²) in [4.78, 5) is 11.8. The maximum absolute atomic E-state index is 11.8. The van der Waals surface area contributed by atoms with Crippen LogP contribution >= 0.6 is 15.9 Å². The van der Waals surface area contributed by atoms with Gasteiger partial charge < -0.3 is 4.74 Å². The lowest BCUT2D eigenvalue weighted by molar-refractivity contribution is 0.00693. The number of hydrogen-bond donors (Lipinski definition) is 0. The van der Waals surface area contributed by atoms with Gasteiger partial charge in [-0.25, -0.2) is 4.79 Å². The van der Waals surface area contributed by atoms with Crippen molar-refractivity contribution >= 4 is 21.9 Å². The Kier molecular flexibility index (Phi) is 6.61. The van der Waals surface area contributed by atoms with Crippen molar-refractivity contribution in [2.75, 3.05) is 0 Å². The Morgan fingerprint density at radius 3 is 1.83 bits per heavy atom. The monoisotopic (exact) mass is 314 g/mol. The highest BCUT2D eigenvalue weighted by Crippen LogP contribution is 2.23. The van der Waals surface area contributed by atoms with E-state index in [0.29, 0.717) is 5.56 Å². The molecular formula is C15H23BrO2. The molecule has 0 amide bonds. The van der Waals surface area contributed by atoms with Gasteiger partial charge in [0.05, 0.1) is 5.56 Å². The van der Waals surface area contributed by atoms with Gasteiger partial charge in [-0.1, -0.05) is 29.8 Å². The maximum atomic E-state index is 11.8. The molecule has 3 heteroatoms. The molecule has 0 saturated carbocycles. The van der Waals surface area contributed by atoms with Crippen molar-refractivity contribution < 1.29 is 9.53 Å². The Labute approximate surface area is 119 Å². The van der Waals surface area contributed by atoms with Crippen LogP contribution in [-0.2, 0) is 4.74 Å². The second-order valence-corrected chi connectivity index (χ2v) is 5.72. The van der Waals surface area contributed by atoms with Crippen LogP contribution in [0.4, 0.5) is 0 Å². The fourth-order valence-electron chi connectivity index (χ4n) is 1.40. The van der Waals surface area contributed by atoms with Crippen LogP contribution in [-0.4, -0.2) is 11.6 Å². The van der Waals surface area contributed by atoms with Gasteiger partial charge in [0.25, 0.3) is 0 Å². The smallest absolute Gasteiger partial charge is 0.338 e. The molecule has 0 unspecified atom stereocenters. The molecule has 0 aliphatic rings.